The van der Waals surface area contributed by atoms with E-state index in [4.69, 9.17) is 46.5 Å². The molecule has 0 saturated carbocycles. The molecule has 6 N–H and O–H groups in total. The average Bonchev–Trinajstić information content (AvgIpc) is 3.71. The van der Waals surface area contributed by atoms with Crippen molar-refractivity contribution in [1.82, 2.24) is 39.0 Å². The highest BCUT2D eigenvalue weighted by molar-refractivity contribution is 8.07. The van der Waals surface area contributed by atoms with Gasteiger partial charge in [0.15, 0.2) is 47.4 Å². The predicted molar refractivity (Wildman–Crippen MR) is 146 cm³/mol. The van der Waals surface area contributed by atoms with Gasteiger partial charge in [0.2, 0.25) is 5.95 Å². The summed E-state index contributed by atoms with van der Waals surface area (Å²) in [6.07, 6.45) is -5.50. The molecule has 9 atom stereocenters. The van der Waals surface area contributed by atoms with Crippen molar-refractivity contribution < 1.29 is 36.9 Å². The Morgan fingerprint density at radius 3 is 2.56 bits per heavy atom. The molecule has 0 spiro atoms. The second-order valence-corrected chi connectivity index (χ2v) is 13.0. The number of nitrogen functional groups attached to an aromatic ring is 2. The molecule has 0 aliphatic carbocycles. The number of nitrogens with one attached hydrogen (secondary N) is 1. The maximum Gasteiger partial charge on any atom is 0.325 e. The van der Waals surface area contributed by atoms with Crippen molar-refractivity contribution in [1.29, 1.82) is 0 Å². The number of rotatable bonds is 2. The van der Waals surface area contributed by atoms with Gasteiger partial charge < -0.3 is 35.1 Å². The fourth-order valence-electron chi connectivity index (χ4n) is 5.62. The molecule has 0 radical (unpaired) electrons. The average molecular weight is 643 g/mol. The number of hydrogen-bond donors (Lipinski definition) is 4. The van der Waals surface area contributed by atoms with Gasteiger partial charge in [0, 0.05) is 12.5 Å². The first-order chi connectivity index (χ1) is 20.6. The Morgan fingerprint density at radius 2 is 1.74 bits per heavy atom. The second kappa shape index (κ2) is 10.7. The molecular formula is C22H25F2N10O7PS. The van der Waals surface area contributed by atoms with Crippen LogP contribution in [0.1, 0.15) is 18.9 Å². The molecule has 230 valence electrons. The number of imidazole rings is 2. The van der Waals surface area contributed by atoms with Gasteiger partial charge >= 0.3 is 6.72 Å². The predicted octanol–water partition coefficient (Wildman–Crippen LogP) is 0.250. The minimum Gasteiger partial charge on any atom is -0.382 e. The Labute approximate surface area is 244 Å². The first kappa shape index (κ1) is 28.5. The van der Waals surface area contributed by atoms with Crippen LogP contribution in [0.3, 0.4) is 0 Å². The van der Waals surface area contributed by atoms with Gasteiger partial charge in [-0.1, -0.05) is 0 Å². The zero-order chi connectivity index (χ0) is 30.0. The van der Waals surface area contributed by atoms with E-state index in [9.17, 15) is 9.69 Å². The van der Waals surface area contributed by atoms with Crippen molar-refractivity contribution in [3.8, 4) is 0 Å². The van der Waals surface area contributed by atoms with Crippen LogP contribution in [-0.2, 0) is 35.1 Å². The van der Waals surface area contributed by atoms with Gasteiger partial charge in [0.25, 0.3) is 5.56 Å². The van der Waals surface area contributed by atoms with Gasteiger partial charge in [-0.3, -0.25) is 23.4 Å². The standard InChI is InChI=1S/C22H25F2N10O7PS/c23-11-8-1-2-37-3-10-12(24)15(21(40-10)34-7-30-14-18(34)31-22(26)32-19(14)35)41-42(36,43)38-4-9(8)39-20(11)33-6-29-13-16(25)27-5-28-17(13)33/h5-12,15,20-21H,1-4H2,(H,36,43)(H2,25,27,28)(H3,26,31,32,35)/t8-,9-,10-,11-,12-,15-,20-,21-,42?/m1/s1. The van der Waals surface area contributed by atoms with Crippen molar-refractivity contribution in [2.45, 2.75) is 49.5 Å². The van der Waals surface area contributed by atoms with Gasteiger partial charge in [-0.15, -0.1) is 0 Å². The molecule has 7 rings (SSSR count). The Bertz CT molecular complexity index is 1790. The highest BCUT2D eigenvalue weighted by Crippen LogP contribution is 2.51. The molecule has 1 unspecified atom stereocenters. The van der Waals surface area contributed by atoms with Gasteiger partial charge in [-0.05, 0) is 18.2 Å². The summed E-state index contributed by atoms with van der Waals surface area (Å²) in [7, 11) is 0. The van der Waals surface area contributed by atoms with Gasteiger partial charge in [0.05, 0.1) is 32.0 Å². The molecule has 4 aromatic rings. The summed E-state index contributed by atoms with van der Waals surface area (Å²) in [5, 5.41) is 0. The molecule has 3 aliphatic rings. The smallest absolute Gasteiger partial charge is 0.325 e. The highest BCUT2D eigenvalue weighted by atomic mass is 32.5. The molecule has 17 nitrogen and oxygen atoms in total. The third kappa shape index (κ3) is 4.96. The number of nitrogens with zero attached hydrogens (tertiary/aromatic N) is 7. The molecule has 4 aromatic heterocycles. The quantitative estimate of drug-likeness (QED) is 0.215. The molecule has 3 fully saturated rings. The Hall–Kier alpha value is -3.23. The number of alkyl halides is 2. The van der Waals surface area contributed by atoms with Crippen LogP contribution in [0, 0.1) is 5.92 Å². The van der Waals surface area contributed by atoms with Crippen LogP contribution in [-0.4, -0.2) is 94.4 Å². The molecule has 21 heteroatoms. The summed E-state index contributed by atoms with van der Waals surface area (Å²) in [5.74, 6) is -0.832. The Kier molecular flexibility index (Phi) is 7.13. The van der Waals surface area contributed by atoms with E-state index >= 15 is 8.78 Å². The third-order valence-electron chi connectivity index (χ3n) is 7.66. The minimum absolute atomic E-state index is 0.00294. The molecule has 0 amide bonds. The molecule has 3 saturated heterocycles. The number of fused-ring (bicyclic) bond motifs is 5. The fourth-order valence-corrected chi connectivity index (χ4v) is 7.03. The maximum atomic E-state index is 15.9. The normalized spacial score (nSPS) is 35.4. The number of anilines is 2. The van der Waals surface area contributed by atoms with Crippen molar-refractivity contribution >= 4 is 52.6 Å². The zero-order valence-corrected chi connectivity index (χ0v) is 23.7. The fraction of sp³-hybridized carbons (Fsp3) is 0.545. The molecule has 7 heterocycles. The lowest BCUT2D eigenvalue weighted by Gasteiger charge is -2.26. The van der Waals surface area contributed by atoms with Crippen LogP contribution < -0.4 is 17.0 Å². The van der Waals surface area contributed by atoms with Crippen molar-refractivity contribution in [3.05, 3.63) is 29.3 Å². The van der Waals surface area contributed by atoms with Crippen LogP contribution in [0.15, 0.2) is 23.8 Å². The number of aromatic nitrogens is 8. The summed E-state index contributed by atoms with van der Waals surface area (Å²) in [6.45, 7) is -4.77. The summed E-state index contributed by atoms with van der Waals surface area (Å²) < 4.78 is 63.3. The number of nitrogens with two attached hydrogens (primary N) is 2. The van der Waals surface area contributed by atoms with Crippen molar-refractivity contribution in [3.63, 3.8) is 0 Å². The van der Waals surface area contributed by atoms with Gasteiger partial charge in [-0.2, -0.15) is 4.98 Å². The van der Waals surface area contributed by atoms with Crippen molar-refractivity contribution in [2.75, 3.05) is 31.3 Å². The van der Waals surface area contributed by atoms with Crippen LogP contribution in [0.25, 0.3) is 22.3 Å². The van der Waals surface area contributed by atoms with Crippen LogP contribution in [0.2, 0.25) is 0 Å². The summed E-state index contributed by atoms with van der Waals surface area (Å²) in [4.78, 5) is 46.0. The SMILES string of the molecule is Nc1nc2c(ncn2[C@@H]2O[C@@H]3COCC[C@H]4[C@@H](F)[C@H](n5cnc6c(N)ncnc65)O[C@@H]4COP(O)(=S)O[C@@H]2[C@@H]3F)c(=O)[nH]1. The molecule has 43 heavy (non-hydrogen) atoms. The number of ether oxygens (including phenoxy) is 3. The molecular weight excluding hydrogens is 617 g/mol. The molecule has 2 bridgehead atoms. The Morgan fingerprint density at radius 1 is 1.00 bits per heavy atom. The number of hydrogen-bond acceptors (Lipinski definition) is 14. The first-order valence-electron chi connectivity index (χ1n) is 13.1. The molecule has 0 aromatic carbocycles. The van der Waals surface area contributed by atoms with E-state index < -0.39 is 61.3 Å². The van der Waals surface area contributed by atoms with E-state index in [1.54, 1.807) is 0 Å². The first-order valence-corrected chi connectivity index (χ1v) is 15.7. The monoisotopic (exact) mass is 642 g/mol. The van der Waals surface area contributed by atoms with E-state index in [-0.39, 0.29) is 54.8 Å². The van der Waals surface area contributed by atoms with E-state index in [0.29, 0.717) is 5.52 Å². The summed E-state index contributed by atoms with van der Waals surface area (Å²) in [5.41, 5.74) is 11.5. The van der Waals surface area contributed by atoms with Crippen molar-refractivity contribution in [2.24, 2.45) is 5.92 Å². The number of aromatic amines is 1. The number of H-pyrrole nitrogens is 1. The summed E-state index contributed by atoms with van der Waals surface area (Å²) >= 11 is 5.23. The van der Waals surface area contributed by atoms with Crippen LogP contribution in [0.5, 0.6) is 0 Å². The van der Waals surface area contributed by atoms with E-state index in [1.165, 1.54) is 28.1 Å². The largest absolute Gasteiger partial charge is 0.382 e. The van der Waals surface area contributed by atoms with Gasteiger partial charge in [0.1, 0.15) is 24.1 Å². The lowest BCUT2D eigenvalue weighted by atomic mass is 9.96. The zero-order valence-electron chi connectivity index (χ0n) is 22.0. The maximum absolute atomic E-state index is 15.9. The second-order valence-electron chi connectivity index (χ2n) is 10.2. The minimum atomic E-state index is -4.18. The lowest BCUT2D eigenvalue weighted by molar-refractivity contribution is -0.0679. The van der Waals surface area contributed by atoms with E-state index in [0.717, 1.165) is 0 Å². The Balaban J connectivity index is 1.16. The summed E-state index contributed by atoms with van der Waals surface area (Å²) in [6, 6.07) is 0. The van der Waals surface area contributed by atoms with E-state index in [1.807, 2.05) is 0 Å². The van der Waals surface area contributed by atoms with Crippen LogP contribution >= 0.6 is 6.72 Å². The lowest BCUT2D eigenvalue weighted by Crippen LogP contribution is -2.32. The highest BCUT2D eigenvalue weighted by Gasteiger charge is 2.51. The third-order valence-corrected chi connectivity index (χ3v) is 9.22. The van der Waals surface area contributed by atoms with Gasteiger partial charge in [-0.25, -0.2) is 28.7 Å². The number of halogens is 2. The topological polar surface area (TPSA) is 226 Å². The molecule has 3 aliphatic heterocycles. The van der Waals surface area contributed by atoms with Crippen LogP contribution in [0.4, 0.5) is 20.5 Å². The van der Waals surface area contributed by atoms with E-state index in [2.05, 4.69) is 29.9 Å².